The molecule has 0 radical (unpaired) electrons. The average Bonchev–Trinajstić information content (AvgIpc) is 2.44. The maximum atomic E-state index is 11.1. The summed E-state index contributed by atoms with van der Waals surface area (Å²) in [5, 5.41) is 2.71. The van der Waals surface area contributed by atoms with Crippen LogP contribution in [0.4, 0.5) is 0 Å². The molecule has 0 unspecified atom stereocenters. The van der Waals surface area contributed by atoms with Crippen molar-refractivity contribution in [2.24, 2.45) is 0 Å². The topological polar surface area (TPSA) is 47.6 Å². The highest BCUT2D eigenvalue weighted by atomic mass is 16.7. The fraction of sp³-hybridized carbons (Fsp3) is 0.800. The first-order chi connectivity index (χ1) is 9.24. The normalized spacial score (nSPS) is 10.7. The molecule has 0 spiro atoms. The standard InChI is InChI=1S/C15H29NO3/c1-4-7-9-11-18-15(13-16-14(17)6-3)19-12-10-8-5-2/h6,15H,3-5,7-13H2,1-2H3,(H,16,17). The largest absolute Gasteiger partial charge is 0.351 e. The molecule has 0 saturated carbocycles. The van der Waals surface area contributed by atoms with Gasteiger partial charge < -0.3 is 14.8 Å². The first-order valence-electron chi connectivity index (χ1n) is 7.38. The van der Waals surface area contributed by atoms with Gasteiger partial charge in [0.05, 0.1) is 6.54 Å². The molecule has 0 aliphatic heterocycles. The summed E-state index contributed by atoms with van der Waals surface area (Å²) in [4.78, 5) is 11.1. The lowest BCUT2D eigenvalue weighted by Gasteiger charge is -2.19. The number of amides is 1. The van der Waals surface area contributed by atoms with Gasteiger partial charge >= 0.3 is 0 Å². The summed E-state index contributed by atoms with van der Waals surface area (Å²) in [5.41, 5.74) is 0. The lowest BCUT2D eigenvalue weighted by atomic mass is 10.3. The molecule has 4 nitrogen and oxygen atoms in total. The highest BCUT2D eigenvalue weighted by molar-refractivity contribution is 5.86. The molecule has 4 heteroatoms. The van der Waals surface area contributed by atoms with Gasteiger partial charge in [-0.1, -0.05) is 46.1 Å². The van der Waals surface area contributed by atoms with Gasteiger partial charge in [0.1, 0.15) is 0 Å². The summed E-state index contributed by atoms with van der Waals surface area (Å²) in [6.45, 7) is 9.46. The van der Waals surface area contributed by atoms with E-state index in [9.17, 15) is 4.79 Å². The summed E-state index contributed by atoms with van der Waals surface area (Å²) in [6, 6.07) is 0. The van der Waals surface area contributed by atoms with Crippen LogP contribution in [0.5, 0.6) is 0 Å². The molecule has 0 aliphatic carbocycles. The SMILES string of the molecule is C=CC(=O)NCC(OCCCCC)OCCCCC. The lowest BCUT2D eigenvalue weighted by Crippen LogP contribution is -2.35. The first-order valence-corrected chi connectivity index (χ1v) is 7.38. The average molecular weight is 271 g/mol. The second-order valence-electron chi connectivity index (χ2n) is 4.53. The van der Waals surface area contributed by atoms with E-state index in [0.29, 0.717) is 19.8 Å². The van der Waals surface area contributed by atoms with Crippen LogP contribution in [0.3, 0.4) is 0 Å². The maximum absolute atomic E-state index is 11.1. The summed E-state index contributed by atoms with van der Waals surface area (Å²) >= 11 is 0. The zero-order valence-electron chi connectivity index (χ0n) is 12.5. The van der Waals surface area contributed by atoms with Crippen molar-refractivity contribution in [3.05, 3.63) is 12.7 Å². The zero-order chi connectivity index (χ0) is 14.3. The Hall–Kier alpha value is -0.870. The Morgan fingerprint density at radius 2 is 1.63 bits per heavy atom. The predicted molar refractivity (Wildman–Crippen MR) is 77.9 cm³/mol. The quantitative estimate of drug-likeness (QED) is 0.318. The predicted octanol–water partition coefficient (Wildman–Crippen LogP) is 3.03. The third-order valence-electron chi connectivity index (χ3n) is 2.73. The Bertz CT molecular complexity index is 219. The molecule has 112 valence electrons. The molecule has 0 bridgehead atoms. The highest BCUT2D eigenvalue weighted by Crippen LogP contribution is 2.02. The molecule has 0 atom stereocenters. The van der Waals surface area contributed by atoms with Gasteiger partial charge in [-0.2, -0.15) is 0 Å². The van der Waals surface area contributed by atoms with Crippen molar-refractivity contribution in [3.63, 3.8) is 0 Å². The van der Waals surface area contributed by atoms with E-state index in [1.807, 2.05) is 0 Å². The van der Waals surface area contributed by atoms with Crippen LogP contribution in [0.2, 0.25) is 0 Å². The molecule has 19 heavy (non-hydrogen) atoms. The summed E-state index contributed by atoms with van der Waals surface area (Å²) in [7, 11) is 0. The van der Waals surface area contributed by atoms with E-state index in [1.165, 1.54) is 18.9 Å². The number of nitrogens with one attached hydrogen (secondary N) is 1. The second kappa shape index (κ2) is 13.6. The highest BCUT2D eigenvalue weighted by Gasteiger charge is 2.10. The van der Waals surface area contributed by atoms with E-state index in [0.717, 1.165) is 25.7 Å². The number of hydrogen-bond acceptors (Lipinski definition) is 3. The third-order valence-corrected chi connectivity index (χ3v) is 2.73. The van der Waals surface area contributed by atoms with Gasteiger partial charge in [0, 0.05) is 13.2 Å². The van der Waals surface area contributed by atoms with Gasteiger partial charge in [-0.3, -0.25) is 4.79 Å². The number of carbonyl (C=O) groups is 1. The Kier molecular flexibility index (Phi) is 12.9. The number of unbranched alkanes of at least 4 members (excludes halogenated alkanes) is 4. The molecule has 0 aliphatic rings. The summed E-state index contributed by atoms with van der Waals surface area (Å²) < 4.78 is 11.3. The number of ether oxygens (including phenoxy) is 2. The van der Waals surface area contributed by atoms with E-state index >= 15 is 0 Å². The maximum Gasteiger partial charge on any atom is 0.243 e. The van der Waals surface area contributed by atoms with Crippen molar-refractivity contribution in [2.75, 3.05) is 19.8 Å². The van der Waals surface area contributed by atoms with Gasteiger partial charge in [0.2, 0.25) is 5.91 Å². The van der Waals surface area contributed by atoms with Gasteiger partial charge in [-0.15, -0.1) is 0 Å². The minimum atomic E-state index is -0.349. The van der Waals surface area contributed by atoms with Gasteiger partial charge in [0.15, 0.2) is 6.29 Å². The molecule has 0 heterocycles. The monoisotopic (exact) mass is 271 g/mol. The third kappa shape index (κ3) is 11.9. The molecular formula is C15H29NO3. The fourth-order valence-corrected chi connectivity index (χ4v) is 1.56. The van der Waals surface area contributed by atoms with Crippen LogP contribution >= 0.6 is 0 Å². The number of hydrogen-bond donors (Lipinski definition) is 1. The Labute approximate surface area is 117 Å². The van der Waals surface area contributed by atoms with Gasteiger partial charge in [-0.25, -0.2) is 0 Å². The molecule has 0 rings (SSSR count). The van der Waals surface area contributed by atoms with Crippen molar-refractivity contribution >= 4 is 5.91 Å². The molecule has 0 saturated heterocycles. The van der Waals surface area contributed by atoms with E-state index in [2.05, 4.69) is 25.7 Å². The van der Waals surface area contributed by atoms with Crippen molar-refractivity contribution in [1.29, 1.82) is 0 Å². The van der Waals surface area contributed by atoms with Crippen LogP contribution in [0.1, 0.15) is 52.4 Å². The van der Waals surface area contributed by atoms with Gasteiger partial charge in [0.25, 0.3) is 0 Å². The Balaban J connectivity index is 3.84. The van der Waals surface area contributed by atoms with Crippen molar-refractivity contribution < 1.29 is 14.3 Å². The molecule has 1 amide bonds. The minimum Gasteiger partial charge on any atom is -0.351 e. The van der Waals surface area contributed by atoms with Gasteiger partial charge in [-0.05, 0) is 18.9 Å². The number of carbonyl (C=O) groups excluding carboxylic acids is 1. The van der Waals surface area contributed by atoms with E-state index in [4.69, 9.17) is 9.47 Å². The van der Waals surface area contributed by atoms with E-state index in [1.54, 1.807) is 0 Å². The second-order valence-corrected chi connectivity index (χ2v) is 4.53. The molecule has 0 aromatic carbocycles. The van der Waals surface area contributed by atoms with Crippen LogP contribution in [0, 0.1) is 0 Å². The zero-order valence-corrected chi connectivity index (χ0v) is 12.5. The van der Waals surface area contributed by atoms with Crippen LogP contribution < -0.4 is 5.32 Å². The Morgan fingerprint density at radius 1 is 1.11 bits per heavy atom. The Morgan fingerprint density at radius 3 is 2.05 bits per heavy atom. The lowest BCUT2D eigenvalue weighted by molar-refractivity contribution is -0.144. The summed E-state index contributed by atoms with van der Waals surface area (Å²) in [6.07, 6.45) is 7.60. The molecule has 0 aromatic rings. The number of rotatable bonds is 13. The molecule has 1 N–H and O–H groups in total. The van der Waals surface area contributed by atoms with E-state index in [-0.39, 0.29) is 12.2 Å². The van der Waals surface area contributed by atoms with Crippen molar-refractivity contribution in [3.8, 4) is 0 Å². The van der Waals surface area contributed by atoms with Crippen molar-refractivity contribution in [2.45, 2.75) is 58.7 Å². The fourth-order valence-electron chi connectivity index (χ4n) is 1.56. The van der Waals surface area contributed by atoms with E-state index < -0.39 is 0 Å². The van der Waals surface area contributed by atoms with Crippen LogP contribution in [0.15, 0.2) is 12.7 Å². The summed E-state index contributed by atoms with van der Waals surface area (Å²) in [5.74, 6) is -0.195. The van der Waals surface area contributed by atoms with Crippen LogP contribution in [-0.2, 0) is 14.3 Å². The molecule has 0 aromatic heterocycles. The van der Waals surface area contributed by atoms with Crippen molar-refractivity contribution in [1.82, 2.24) is 5.32 Å². The molecular weight excluding hydrogens is 242 g/mol. The first kappa shape index (κ1) is 18.1. The van der Waals surface area contributed by atoms with Crippen LogP contribution in [0.25, 0.3) is 0 Å². The minimum absolute atomic E-state index is 0.195. The van der Waals surface area contributed by atoms with Crippen LogP contribution in [-0.4, -0.2) is 32.0 Å². The molecule has 0 fully saturated rings. The smallest absolute Gasteiger partial charge is 0.243 e.